The van der Waals surface area contributed by atoms with Crippen molar-refractivity contribution in [3.63, 3.8) is 0 Å². The molecule has 0 bridgehead atoms. The molecule has 2 heterocycles. The molecule has 0 radical (unpaired) electrons. The number of hydrogen-bond donors (Lipinski definition) is 1. The molecule has 0 unspecified atom stereocenters. The van der Waals surface area contributed by atoms with E-state index < -0.39 is 12.7 Å². The summed E-state index contributed by atoms with van der Waals surface area (Å²) in [7, 11) is 0. The first-order chi connectivity index (χ1) is 8.31. The van der Waals surface area contributed by atoms with E-state index in [1.165, 1.54) is 6.33 Å². The highest BCUT2D eigenvalue weighted by atomic mass is 19.1. The Morgan fingerprint density at radius 3 is 3.24 bits per heavy atom. The van der Waals surface area contributed by atoms with Crippen molar-refractivity contribution >= 4 is 5.69 Å². The van der Waals surface area contributed by atoms with Crippen LogP contribution in [-0.4, -0.2) is 28.0 Å². The Morgan fingerprint density at radius 1 is 1.53 bits per heavy atom. The summed E-state index contributed by atoms with van der Waals surface area (Å²) in [6, 6.07) is 4.99. The number of nitrogens with zero attached hydrogens (tertiary/aromatic N) is 3. The van der Waals surface area contributed by atoms with E-state index in [4.69, 9.17) is 10.5 Å². The number of para-hydroxylation sites is 1. The molecule has 3 rings (SSSR count). The second kappa shape index (κ2) is 3.73. The number of aromatic nitrogens is 3. The van der Waals surface area contributed by atoms with Crippen LogP contribution >= 0.6 is 0 Å². The molecule has 17 heavy (non-hydrogen) atoms. The van der Waals surface area contributed by atoms with Crippen LogP contribution in [0, 0.1) is 0 Å². The first-order valence-electron chi connectivity index (χ1n) is 5.28. The van der Waals surface area contributed by atoms with Gasteiger partial charge in [0.15, 0.2) is 11.6 Å². The van der Waals surface area contributed by atoms with E-state index in [1.807, 2.05) is 12.1 Å². The van der Waals surface area contributed by atoms with Gasteiger partial charge in [-0.3, -0.25) is 0 Å². The van der Waals surface area contributed by atoms with E-state index in [0.29, 0.717) is 17.3 Å². The molecule has 1 aliphatic rings. The molecular weight excluding hydrogens is 223 g/mol. The van der Waals surface area contributed by atoms with Crippen LogP contribution in [0.1, 0.15) is 6.04 Å². The van der Waals surface area contributed by atoms with Crippen molar-refractivity contribution in [2.75, 3.05) is 19.0 Å². The predicted octanol–water partition coefficient (Wildman–Crippen LogP) is 1.43. The molecule has 1 aromatic heterocycles. The monoisotopic (exact) mass is 234 g/mol. The second-order valence-electron chi connectivity index (χ2n) is 3.90. The molecule has 6 heteroatoms. The molecule has 1 atom stereocenters. The molecule has 1 aliphatic heterocycles. The first-order valence-corrected chi connectivity index (χ1v) is 5.28. The maximum absolute atomic E-state index is 13.0. The Hall–Kier alpha value is -2.11. The van der Waals surface area contributed by atoms with Crippen LogP contribution in [0.3, 0.4) is 0 Å². The van der Waals surface area contributed by atoms with Crippen molar-refractivity contribution in [1.29, 1.82) is 0 Å². The number of rotatable bonds is 1. The number of fused-ring (bicyclic) bond motifs is 3. The van der Waals surface area contributed by atoms with Gasteiger partial charge in [-0.2, -0.15) is 0 Å². The van der Waals surface area contributed by atoms with Gasteiger partial charge in [-0.15, -0.1) is 10.2 Å². The fraction of sp³-hybridized carbons (Fsp3) is 0.273. The van der Waals surface area contributed by atoms with Gasteiger partial charge in [0.2, 0.25) is 0 Å². The summed E-state index contributed by atoms with van der Waals surface area (Å²) in [4.78, 5) is 0. The minimum absolute atomic E-state index is 0.225. The third-order valence-electron chi connectivity index (χ3n) is 2.85. The van der Waals surface area contributed by atoms with Crippen LogP contribution in [0.4, 0.5) is 10.1 Å². The molecule has 0 fully saturated rings. The van der Waals surface area contributed by atoms with Crippen molar-refractivity contribution in [2.45, 2.75) is 6.04 Å². The van der Waals surface area contributed by atoms with Gasteiger partial charge in [-0.05, 0) is 12.1 Å². The zero-order valence-corrected chi connectivity index (χ0v) is 9.01. The number of halogens is 1. The van der Waals surface area contributed by atoms with Gasteiger partial charge in [-0.1, -0.05) is 6.07 Å². The maximum Gasteiger partial charge on any atom is 0.168 e. The van der Waals surface area contributed by atoms with Gasteiger partial charge in [0.05, 0.1) is 17.3 Å². The smallest absolute Gasteiger partial charge is 0.168 e. The van der Waals surface area contributed by atoms with Crippen LogP contribution in [-0.2, 0) is 0 Å². The third-order valence-corrected chi connectivity index (χ3v) is 2.85. The molecule has 0 spiro atoms. The second-order valence-corrected chi connectivity index (χ2v) is 3.90. The van der Waals surface area contributed by atoms with Gasteiger partial charge in [0.25, 0.3) is 0 Å². The SMILES string of the molecule is Nc1cccc2c1OC[C@@H](CF)n1cnnc1-2. The van der Waals surface area contributed by atoms with Crippen molar-refractivity contribution in [2.24, 2.45) is 0 Å². The van der Waals surface area contributed by atoms with E-state index in [1.54, 1.807) is 10.6 Å². The normalized spacial score (nSPS) is 17.8. The molecule has 0 amide bonds. The van der Waals surface area contributed by atoms with Crippen LogP contribution in [0.5, 0.6) is 5.75 Å². The molecule has 0 saturated heterocycles. The lowest BCUT2D eigenvalue weighted by molar-refractivity contribution is 0.227. The summed E-state index contributed by atoms with van der Waals surface area (Å²) in [6.45, 7) is -0.304. The van der Waals surface area contributed by atoms with Crippen molar-refractivity contribution < 1.29 is 9.13 Å². The van der Waals surface area contributed by atoms with Crippen LogP contribution in [0.25, 0.3) is 11.4 Å². The molecule has 0 aliphatic carbocycles. The van der Waals surface area contributed by atoms with Crippen molar-refractivity contribution in [3.05, 3.63) is 24.5 Å². The molecular formula is C11H11FN4O. The van der Waals surface area contributed by atoms with Crippen LogP contribution in [0.2, 0.25) is 0 Å². The third kappa shape index (κ3) is 1.44. The number of hydrogen-bond acceptors (Lipinski definition) is 4. The van der Waals surface area contributed by atoms with E-state index >= 15 is 0 Å². The Kier molecular flexibility index (Phi) is 2.21. The predicted molar refractivity (Wildman–Crippen MR) is 60.4 cm³/mol. The molecule has 2 aromatic rings. The first kappa shape index (κ1) is 10.1. The molecule has 0 saturated carbocycles. The van der Waals surface area contributed by atoms with E-state index in [9.17, 15) is 4.39 Å². The van der Waals surface area contributed by atoms with Gasteiger partial charge >= 0.3 is 0 Å². The van der Waals surface area contributed by atoms with Crippen LogP contribution < -0.4 is 10.5 Å². The van der Waals surface area contributed by atoms with Gasteiger partial charge in [0, 0.05) is 0 Å². The highest BCUT2D eigenvalue weighted by Gasteiger charge is 2.25. The molecule has 1 aromatic carbocycles. The lowest BCUT2D eigenvalue weighted by Crippen LogP contribution is -2.17. The lowest BCUT2D eigenvalue weighted by Gasteiger charge is -2.12. The number of alkyl halides is 1. The van der Waals surface area contributed by atoms with E-state index in [2.05, 4.69) is 10.2 Å². The summed E-state index contributed by atoms with van der Waals surface area (Å²) in [5, 5.41) is 7.83. The Morgan fingerprint density at radius 2 is 2.41 bits per heavy atom. The quantitative estimate of drug-likeness (QED) is 0.758. The van der Waals surface area contributed by atoms with E-state index in [0.717, 1.165) is 5.56 Å². The number of benzene rings is 1. The fourth-order valence-corrected chi connectivity index (χ4v) is 1.97. The Labute approximate surface area is 97.0 Å². The zero-order valence-electron chi connectivity index (χ0n) is 9.01. The Balaban J connectivity index is 2.23. The maximum atomic E-state index is 13.0. The van der Waals surface area contributed by atoms with E-state index in [-0.39, 0.29) is 6.61 Å². The number of ether oxygens (including phenoxy) is 1. The minimum Gasteiger partial charge on any atom is -0.488 e. The zero-order chi connectivity index (χ0) is 11.8. The number of nitrogen functional groups attached to an aromatic ring is 1. The number of anilines is 1. The average molecular weight is 234 g/mol. The van der Waals surface area contributed by atoms with Gasteiger partial charge < -0.3 is 15.0 Å². The lowest BCUT2D eigenvalue weighted by atomic mass is 10.1. The van der Waals surface area contributed by atoms with Gasteiger partial charge in [0.1, 0.15) is 19.6 Å². The molecule has 2 N–H and O–H groups in total. The summed E-state index contributed by atoms with van der Waals surface area (Å²) in [5.41, 5.74) is 7.12. The standard InChI is InChI=1S/C11H11FN4O/c12-4-7-5-17-10-8(2-1-3-9(10)13)11-15-14-6-16(7)11/h1-3,6-7H,4-5,13H2/t7-/m1/s1. The fourth-order valence-electron chi connectivity index (χ4n) is 1.97. The van der Waals surface area contributed by atoms with Crippen molar-refractivity contribution in [3.8, 4) is 17.1 Å². The topological polar surface area (TPSA) is 66.0 Å². The summed E-state index contributed by atoms with van der Waals surface area (Å²) in [6.07, 6.45) is 1.52. The highest BCUT2D eigenvalue weighted by molar-refractivity contribution is 5.73. The summed E-state index contributed by atoms with van der Waals surface area (Å²) in [5.74, 6) is 1.14. The minimum atomic E-state index is -0.529. The Bertz CT molecular complexity index is 554. The molecule has 5 nitrogen and oxygen atoms in total. The highest BCUT2D eigenvalue weighted by Crippen LogP contribution is 2.37. The summed E-state index contributed by atoms with van der Waals surface area (Å²) < 4.78 is 20.2. The van der Waals surface area contributed by atoms with Crippen molar-refractivity contribution in [1.82, 2.24) is 14.8 Å². The largest absolute Gasteiger partial charge is 0.488 e. The average Bonchev–Trinajstić information content (AvgIpc) is 2.75. The van der Waals surface area contributed by atoms with Gasteiger partial charge in [-0.25, -0.2) is 4.39 Å². The summed E-state index contributed by atoms with van der Waals surface area (Å²) >= 11 is 0. The van der Waals surface area contributed by atoms with Crippen LogP contribution in [0.15, 0.2) is 24.5 Å². The molecule has 88 valence electrons. The number of nitrogens with two attached hydrogens (primary N) is 1.